The van der Waals surface area contributed by atoms with Gasteiger partial charge in [-0.1, -0.05) is 37.1 Å². The van der Waals surface area contributed by atoms with Gasteiger partial charge in [0.25, 0.3) is 0 Å². The van der Waals surface area contributed by atoms with Gasteiger partial charge in [-0.2, -0.15) is 0 Å². The maximum absolute atomic E-state index is 10.3. The van der Waals surface area contributed by atoms with Crippen LogP contribution in [0.1, 0.15) is 62.6 Å². The average Bonchev–Trinajstić information content (AvgIpc) is 2.63. The van der Waals surface area contributed by atoms with Gasteiger partial charge in [0.05, 0.1) is 12.7 Å². The highest BCUT2D eigenvalue weighted by molar-refractivity contribution is 5.25. The topological polar surface area (TPSA) is 55.7 Å². The molecule has 3 unspecified atom stereocenters. The summed E-state index contributed by atoms with van der Waals surface area (Å²) in [6.45, 7) is 4.47. The number of nitrogens with zero attached hydrogens (tertiary/aromatic N) is 1. The molecule has 1 saturated carbocycles. The van der Waals surface area contributed by atoms with Crippen molar-refractivity contribution in [3.05, 3.63) is 35.4 Å². The Morgan fingerprint density at radius 3 is 2.62 bits per heavy atom. The van der Waals surface area contributed by atoms with Crippen LogP contribution in [0.3, 0.4) is 0 Å². The Kier molecular flexibility index (Phi) is 6.28. The molecule has 134 valence electrons. The highest BCUT2D eigenvalue weighted by atomic mass is 16.3. The third-order valence-corrected chi connectivity index (χ3v) is 5.81. The Morgan fingerprint density at radius 2 is 1.92 bits per heavy atom. The van der Waals surface area contributed by atoms with Crippen LogP contribution in [0.15, 0.2) is 24.3 Å². The van der Waals surface area contributed by atoms with Gasteiger partial charge < -0.3 is 15.5 Å². The van der Waals surface area contributed by atoms with Crippen molar-refractivity contribution in [3.63, 3.8) is 0 Å². The lowest BCUT2D eigenvalue weighted by Gasteiger charge is -2.42. The van der Waals surface area contributed by atoms with Crippen molar-refractivity contribution < 1.29 is 10.2 Å². The smallest absolute Gasteiger partial charge is 0.0695 e. The molecule has 0 bridgehead atoms. The Balaban J connectivity index is 1.49. The zero-order chi connectivity index (χ0) is 16.9. The van der Waals surface area contributed by atoms with Crippen molar-refractivity contribution in [1.29, 1.82) is 0 Å². The number of benzene rings is 1. The minimum Gasteiger partial charge on any atom is -0.392 e. The minimum absolute atomic E-state index is 0.0999. The van der Waals surface area contributed by atoms with E-state index in [9.17, 15) is 10.2 Å². The maximum atomic E-state index is 10.3. The SMILES string of the molecule is CC(NC1CCN(C2CCCCC2O)CC1)c1cccc(CO)c1. The first-order valence-electron chi connectivity index (χ1n) is 9.55. The van der Waals surface area contributed by atoms with Crippen molar-refractivity contribution >= 4 is 0 Å². The van der Waals surface area contributed by atoms with Crippen LogP contribution in [0.5, 0.6) is 0 Å². The van der Waals surface area contributed by atoms with E-state index >= 15 is 0 Å². The molecule has 4 nitrogen and oxygen atoms in total. The van der Waals surface area contributed by atoms with Gasteiger partial charge in [-0.3, -0.25) is 4.90 Å². The van der Waals surface area contributed by atoms with Crippen LogP contribution >= 0.6 is 0 Å². The van der Waals surface area contributed by atoms with Crippen molar-refractivity contribution in [1.82, 2.24) is 10.2 Å². The van der Waals surface area contributed by atoms with Gasteiger partial charge in [0.1, 0.15) is 0 Å². The van der Waals surface area contributed by atoms with Gasteiger partial charge in [-0.05, 0) is 43.7 Å². The second-order valence-corrected chi connectivity index (χ2v) is 7.52. The van der Waals surface area contributed by atoms with Gasteiger partial charge in [-0.15, -0.1) is 0 Å². The first-order valence-corrected chi connectivity index (χ1v) is 9.55. The lowest BCUT2D eigenvalue weighted by molar-refractivity contribution is 0.00671. The van der Waals surface area contributed by atoms with E-state index in [0.29, 0.717) is 18.1 Å². The molecule has 3 N–H and O–H groups in total. The van der Waals surface area contributed by atoms with Crippen LogP contribution in [0.4, 0.5) is 0 Å². The van der Waals surface area contributed by atoms with Crippen LogP contribution in [-0.4, -0.2) is 46.4 Å². The number of rotatable bonds is 5. The summed E-state index contributed by atoms with van der Waals surface area (Å²) in [5, 5.41) is 23.3. The van der Waals surface area contributed by atoms with Crippen LogP contribution in [0, 0.1) is 0 Å². The third kappa shape index (κ3) is 4.37. The van der Waals surface area contributed by atoms with E-state index in [2.05, 4.69) is 29.3 Å². The molecule has 1 aromatic carbocycles. The number of hydrogen-bond donors (Lipinski definition) is 3. The number of piperidine rings is 1. The number of nitrogens with one attached hydrogen (secondary N) is 1. The van der Waals surface area contributed by atoms with Crippen molar-refractivity contribution in [3.8, 4) is 0 Å². The number of aliphatic hydroxyl groups excluding tert-OH is 2. The summed E-state index contributed by atoms with van der Waals surface area (Å²) >= 11 is 0. The Morgan fingerprint density at radius 1 is 1.17 bits per heavy atom. The first-order chi connectivity index (χ1) is 11.7. The molecule has 1 aliphatic carbocycles. The van der Waals surface area contributed by atoms with E-state index < -0.39 is 0 Å². The lowest BCUT2D eigenvalue weighted by atomic mass is 9.89. The fourth-order valence-electron chi connectivity index (χ4n) is 4.33. The predicted octanol–water partition coefficient (Wildman–Crippen LogP) is 2.60. The molecule has 0 radical (unpaired) electrons. The van der Waals surface area contributed by atoms with E-state index in [0.717, 1.165) is 44.3 Å². The maximum Gasteiger partial charge on any atom is 0.0695 e. The minimum atomic E-state index is -0.122. The van der Waals surface area contributed by atoms with Crippen LogP contribution in [0.2, 0.25) is 0 Å². The molecular formula is C20H32N2O2. The quantitative estimate of drug-likeness (QED) is 0.776. The molecule has 0 spiro atoms. The third-order valence-electron chi connectivity index (χ3n) is 5.81. The lowest BCUT2D eigenvalue weighted by Crippen LogP contribution is -2.51. The van der Waals surface area contributed by atoms with Crippen molar-refractivity contribution in [2.45, 2.75) is 76.3 Å². The summed E-state index contributed by atoms with van der Waals surface area (Å²) in [6.07, 6.45) is 6.74. The molecule has 4 heteroatoms. The summed E-state index contributed by atoms with van der Waals surface area (Å²) in [5.74, 6) is 0. The van der Waals surface area contributed by atoms with Crippen LogP contribution in [0.25, 0.3) is 0 Å². The summed E-state index contributed by atoms with van der Waals surface area (Å²) in [4.78, 5) is 2.51. The van der Waals surface area contributed by atoms with Gasteiger partial charge in [0.15, 0.2) is 0 Å². The second kappa shape index (κ2) is 8.43. The number of aliphatic hydroxyl groups is 2. The van der Waals surface area contributed by atoms with E-state index in [4.69, 9.17) is 0 Å². The van der Waals surface area contributed by atoms with E-state index in [1.54, 1.807) is 0 Å². The van der Waals surface area contributed by atoms with Gasteiger partial charge >= 0.3 is 0 Å². The van der Waals surface area contributed by atoms with E-state index in [-0.39, 0.29) is 12.7 Å². The van der Waals surface area contributed by atoms with Crippen molar-refractivity contribution in [2.24, 2.45) is 0 Å². The molecule has 0 aromatic heterocycles. The van der Waals surface area contributed by atoms with Crippen LogP contribution in [-0.2, 0) is 6.61 Å². The molecule has 1 heterocycles. The zero-order valence-electron chi connectivity index (χ0n) is 14.8. The highest BCUT2D eigenvalue weighted by Gasteiger charge is 2.31. The zero-order valence-corrected chi connectivity index (χ0v) is 14.8. The summed E-state index contributed by atoms with van der Waals surface area (Å²) in [7, 11) is 0. The van der Waals surface area contributed by atoms with Gasteiger partial charge in [-0.25, -0.2) is 0 Å². The van der Waals surface area contributed by atoms with Crippen molar-refractivity contribution in [2.75, 3.05) is 13.1 Å². The predicted molar refractivity (Wildman–Crippen MR) is 96.8 cm³/mol. The first kappa shape index (κ1) is 17.9. The summed E-state index contributed by atoms with van der Waals surface area (Å²) < 4.78 is 0. The molecule has 0 amide bonds. The standard InChI is InChI=1S/C20H32N2O2/c1-15(17-6-4-5-16(13-17)14-23)21-18-9-11-22(12-10-18)19-7-2-3-8-20(19)24/h4-6,13,15,18-21,23-24H,2-3,7-12,14H2,1H3. The fraction of sp³-hybridized carbons (Fsp3) is 0.700. The largest absolute Gasteiger partial charge is 0.392 e. The van der Waals surface area contributed by atoms with Gasteiger partial charge in [0.2, 0.25) is 0 Å². The molecule has 1 saturated heterocycles. The normalized spacial score (nSPS) is 28.0. The molecule has 2 fully saturated rings. The average molecular weight is 332 g/mol. The van der Waals surface area contributed by atoms with Crippen LogP contribution < -0.4 is 5.32 Å². The fourth-order valence-corrected chi connectivity index (χ4v) is 4.33. The molecular weight excluding hydrogens is 300 g/mol. The van der Waals surface area contributed by atoms with Gasteiger partial charge in [0, 0.05) is 31.2 Å². The summed E-state index contributed by atoms with van der Waals surface area (Å²) in [6, 6.07) is 9.42. The molecule has 24 heavy (non-hydrogen) atoms. The monoisotopic (exact) mass is 332 g/mol. The highest BCUT2D eigenvalue weighted by Crippen LogP contribution is 2.26. The Labute approximate surface area is 145 Å². The molecule has 3 atom stereocenters. The Bertz CT molecular complexity index is 514. The number of hydrogen-bond acceptors (Lipinski definition) is 4. The van der Waals surface area contributed by atoms with E-state index in [1.165, 1.54) is 18.4 Å². The Hall–Kier alpha value is -0.940. The van der Waals surface area contributed by atoms with E-state index in [1.807, 2.05) is 12.1 Å². The molecule has 2 aliphatic rings. The molecule has 1 aromatic rings. The molecule has 3 rings (SSSR count). The second-order valence-electron chi connectivity index (χ2n) is 7.52. The number of likely N-dealkylation sites (tertiary alicyclic amines) is 1. The molecule has 1 aliphatic heterocycles. The summed E-state index contributed by atoms with van der Waals surface area (Å²) in [5.41, 5.74) is 2.22.